The van der Waals surface area contributed by atoms with E-state index in [1.807, 2.05) is 18.2 Å². The Hall–Kier alpha value is -1.30. The molecule has 0 unspecified atom stereocenters. The van der Waals surface area contributed by atoms with Crippen LogP contribution >= 0.6 is 23.2 Å². The molecule has 1 aromatic carbocycles. The molecule has 1 aliphatic heterocycles. The normalized spacial score (nSPS) is 23.1. The van der Waals surface area contributed by atoms with Crippen molar-refractivity contribution < 1.29 is 9.59 Å². The Bertz CT molecular complexity index is 713. The monoisotopic (exact) mass is 439 g/mol. The number of halogens is 2. The Morgan fingerprint density at radius 1 is 1.00 bits per heavy atom. The molecule has 0 atom stereocenters. The predicted molar refractivity (Wildman–Crippen MR) is 119 cm³/mol. The quantitative estimate of drug-likeness (QED) is 0.678. The summed E-state index contributed by atoms with van der Waals surface area (Å²) >= 11 is 12.5. The van der Waals surface area contributed by atoms with Crippen molar-refractivity contribution in [1.82, 2.24) is 9.80 Å². The minimum atomic E-state index is -0.126. The summed E-state index contributed by atoms with van der Waals surface area (Å²) < 4.78 is 0. The van der Waals surface area contributed by atoms with Crippen molar-refractivity contribution in [2.45, 2.75) is 52.0 Å². The first-order chi connectivity index (χ1) is 13.9. The molecule has 1 aromatic rings. The zero-order valence-corrected chi connectivity index (χ0v) is 18.9. The van der Waals surface area contributed by atoms with Gasteiger partial charge in [-0.05, 0) is 56.7 Å². The summed E-state index contributed by atoms with van der Waals surface area (Å²) in [6.45, 7) is 8.06. The standard InChI is InChI=1S/C22H31Cl2N3O2/c1-16(28)27(17(2)29)19-8-6-18(7-9-19)10-11-25-12-14-26(15-13-25)21-5-3-4-20(23)22(21)24/h3-5,18-19H,6-15H2,1-2H3. The van der Waals surface area contributed by atoms with E-state index in [1.165, 1.54) is 25.2 Å². The van der Waals surface area contributed by atoms with Crippen LogP contribution in [0.2, 0.25) is 10.0 Å². The van der Waals surface area contributed by atoms with Crippen LogP contribution in [0.5, 0.6) is 0 Å². The molecule has 2 aliphatic rings. The van der Waals surface area contributed by atoms with Gasteiger partial charge in [-0.3, -0.25) is 19.4 Å². The van der Waals surface area contributed by atoms with E-state index in [1.54, 1.807) is 0 Å². The molecule has 2 amide bonds. The lowest BCUT2D eigenvalue weighted by molar-refractivity contribution is -0.145. The van der Waals surface area contributed by atoms with Crippen LogP contribution in [0.1, 0.15) is 46.0 Å². The summed E-state index contributed by atoms with van der Waals surface area (Å²) in [6, 6.07) is 5.90. The Balaban J connectivity index is 1.41. The van der Waals surface area contributed by atoms with Crippen LogP contribution in [0.3, 0.4) is 0 Å². The zero-order valence-electron chi connectivity index (χ0n) is 17.4. The van der Waals surface area contributed by atoms with Crippen LogP contribution in [0, 0.1) is 5.92 Å². The van der Waals surface area contributed by atoms with Gasteiger partial charge in [0.2, 0.25) is 11.8 Å². The van der Waals surface area contributed by atoms with Gasteiger partial charge in [0.1, 0.15) is 0 Å². The largest absolute Gasteiger partial charge is 0.368 e. The van der Waals surface area contributed by atoms with E-state index < -0.39 is 0 Å². The molecule has 1 heterocycles. The van der Waals surface area contributed by atoms with Crippen molar-refractivity contribution in [3.63, 3.8) is 0 Å². The van der Waals surface area contributed by atoms with Crippen molar-refractivity contribution in [1.29, 1.82) is 0 Å². The minimum absolute atomic E-state index is 0.0900. The summed E-state index contributed by atoms with van der Waals surface area (Å²) in [6.07, 6.45) is 5.25. The highest BCUT2D eigenvalue weighted by molar-refractivity contribution is 6.43. The van der Waals surface area contributed by atoms with E-state index in [-0.39, 0.29) is 17.9 Å². The highest BCUT2D eigenvalue weighted by atomic mass is 35.5. The fourth-order valence-electron chi connectivity index (χ4n) is 4.74. The van der Waals surface area contributed by atoms with Gasteiger partial charge in [0.15, 0.2) is 0 Å². The lowest BCUT2D eigenvalue weighted by Crippen LogP contribution is -2.47. The van der Waals surface area contributed by atoms with Crippen LogP contribution in [-0.2, 0) is 9.59 Å². The van der Waals surface area contributed by atoms with E-state index in [9.17, 15) is 9.59 Å². The number of carbonyl (C=O) groups excluding carboxylic acids is 2. The van der Waals surface area contributed by atoms with Gasteiger partial charge in [-0.15, -0.1) is 0 Å². The molecule has 29 heavy (non-hydrogen) atoms. The first-order valence-corrected chi connectivity index (χ1v) is 11.3. The SMILES string of the molecule is CC(=O)N(C(C)=O)C1CCC(CCN2CCN(c3cccc(Cl)c3Cl)CC2)CC1. The van der Waals surface area contributed by atoms with E-state index in [0.29, 0.717) is 16.0 Å². The second kappa shape index (κ2) is 10.1. The summed E-state index contributed by atoms with van der Waals surface area (Å²) in [5.41, 5.74) is 1.03. The Morgan fingerprint density at radius 2 is 1.62 bits per heavy atom. The van der Waals surface area contributed by atoms with Gasteiger partial charge in [0.25, 0.3) is 0 Å². The Labute approximate surface area is 183 Å². The summed E-state index contributed by atoms with van der Waals surface area (Å²) in [5.74, 6) is 0.435. The molecule has 1 saturated carbocycles. The number of carbonyl (C=O) groups is 2. The Kier molecular flexibility index (Phi) is 7.83. The second-order valence-electron chi connectivity index (χ2n) is 8.27. The molecule has 0 spiro atoms. The number of anilines is 1. The maximum absolute atomic E-state index is 11.7. The lowest BCUT2D eigenvalue weighted by atomic mass is 9.83. The fraction of sp³-hybridized carbons (Fsp3) is 0.636. The number of piperazine rings is 1. The number of imide groups is 1. The van der Waals surface area contributed by atoms with E-state index in [4.69, 9.17) is 23.2 Å². The Morgan fingerprint density at radius 3 is 2.21 bits per heavy atom. The third-order valence-electron chi connectivity index (χ3n) is 6.36. The highest BCUT2D eigenvalue weighted by Crippen LogP contribution is 2.33. The van der Waals surface area contributed by atoms with Crippen LogP contribution in [0.15, 0.2) is 18.2 Å². The molecule has 7 heteroatoms. The molecular weight excluding hydrogens is 409 g/mol. The maximum Gasteiger partial charge on any atom is 0.226 e. The summed E-state index contributed by atoms with van der Waals surface area (Å²) in [5, 5.41) is 1.25. The van der Waals surface area contributed by atoms with Crippen molar-refractivity contribution in [3.05, 3.63) is 28.2 Å². The number of benzene rings is 1. The first kappa shape index (κ1) is 22.4. The molecule has 0 N–H and O–H groups in total. The molecule has 0 radical (unpaired) electrons. The third-order valence-corrected chi connectivity index (χ3v) is 7.17. The summed E-state index contributed by atoms with van der Waals surface area (Å²) in [4.78, 5) is 29.8. The van der Waals surface area contributed by atoms with Gasteiger partial charge in [-0.1, -0.05) is 29.3 Å². The molecular formula is C22H31Cl2N3O2. The molecule has 0 bridgehead atoms. The highest BCUT2D eigenvalue weighted by Gasteiger charge is 2.30. The van der Waals surface area contributed by atoms with E-state index in [2.05, 4.69) is 9.80 Å². The van der Waals surface area contributed by atoms with Gasteiger partial charge >= 0.3 is 0 Å². The molecule has 3 rings (SSSR count). The lowest BCUT2D eigenvalue weighted by Gasteiger charge is -2.38. The van der Waals surface area contributed by atoms with Crippen molar-refractivity contribution in [2.75, 3.05) is 37.6 Å². The molecule has 1 saturated heterocycles. The first-order valence-electron chi connectivity index (χ1n) is 10.6. The average molecular weight is 440 g/mol. The van der Waals surface area contributed by atoms with E-state index in [0.717, 1.165) is 64.1 Å². The van der Waals surface area contributed by atoms with E-state index >= 15 is 0 Å². The topological polar surface area (TPSA) is 43.9 Å². The van der Waals surface area contributed by atoms with Crippen molar-refractivity contribution in [3.8, 4) is 0 Å². The maximum atomic E-state index is 11.7. The predicted octanol–water partition coefficient (Wildman–Crippen LogP) is 4.46. The van der Waals surface area contributed by atoms with Crippen LogP contribution in [0.4, 0.5) is 5.69 Å². The smallest absolute Gasteiger partial charge is 0.226 e. The fourth-order valence-corrected chi connectivity index (χ4v) is 5.16. The third kappa shape index (κ3) is 5.65. The number of amides is 2. The number of rotatable bonds is 5. The van der Waals surface area contributed by atoms with Crippen molar-refractivity contribution >= 4 is 40.7 Å². The van der Waals surface area contributed by atoms with Gasteiger partial charge in [0.05, 0.1) is 15.7 Å². The van der Waals surface area contributed by atoms with Gasteiger partial charge in [-0.2, -0.15) is 0 Å². The van der Waals surface area contributed by atoms with Crippen molar-refractivity contribution in [2.24, 2.45) is 5.92 Å². The van der Waals surface area contributed by atoms with Gasteiger partial charge in [0, 0.05) is 46.1 Å². The second-order valence-corrected chi connectivity index (χ2v) is 9.06. The van der Waals surface area contributed by atoms with Crippen LogP contribution in [-0.4, -0.2) is 60.4 Å². The summed E-state index contributed by atoms with van der Waals surface area (Å²) in [7, 11) is 0. The minimum Gasteiger partial charge on any atom is -0.368 e. The average Bonchev–Trinajstić information content (AvgIpc) is 2.69. The zero-order chi connectivity index (χ0) is 21.0. The van der Waals surface area contributed by atoms with Crippen LogP contribution in [0.25, 0.3) is 0 Å². The van der Waals surface area contributed by atoms with Crippen LogP contribution < -0.4 is 4.90 Å². The van der Waals surface area contributed by atoms with Gasteiger partial charge < -0.3 is 4.90 Å². The van der Waals surface area contributed by atoms with Gasteiger partial charge in [-0.25, -0.2) is 0 Å². The molecule has 0 aromatic heterocycles. The number of hydrogen-bond acceptors (Lipinski definition) is 4. The molecule has 160 valence electrons. The number of nitrogens with zero attached hydrogens (tertiary/aromatic N) is 3. The number of hydrogen-bond donors (Lipinski definition) is 0. The molecule has 2 fully saturated rings. The molecule has 1 aliphatic carbocycles. The molecule has 5 nitrogen and oxygen atoms in total.